The van der Waals surface area contributed by atoms with Crippen molar-refractivity contribution < 1.29 is 23.9 Å². The Balaban J connectivity index is 1.27. The van der Waals surface area contributed by atoms with E-state index < -0.39 is 23.6 Å². The molecular weight excluding hydrogens is 611 g/mol. The van der Waals surface area contributed by atoms with Gasteiger partial charge in [0.25, 0.3) is 5.91 Å². The maximum Gasteiger partial charge on any atom is 0.414 e. The summed E-state index contributed by atoms with van der Waals surface area (Å²) < 4.78 is 11.7. The number of carbonyl (C=O) groups excluding carboxylic acids is 3. The van der Waals surface area contributed by atoms with E-state index in [1.165, 1.54) is 16.2 Å². The van der Waals surface area contributed by atoms with Gasteiger partial charge in [-0.3, -0.25) is 14.6 Å². The number of thiophene rings is 1. The predicted octanol–water partition coefficient (Wildman–Crippen LogP) is 6.11. The van der Waals surface area contributed by atoms with Crippen LogP contribution in [0, 0.1) is 0 Å². The maximum atomic E-state index is 14.2. The van der Waals surface area contributed by atoms with Crippen LogP contribution in [-0.2, 0) is 16.0 Å². The summed E-state index contributed by atoms with van der Waals surface area (Å²) >= 11 is 13.7. The zero-order valence-electron chi connectivity index (χ0n) is 23.9. The summed E-state index contributed by atoms with van der Waals surface area (Å²) in [4.78, 5) is 44.4. The zero-order valence-corrected chi connectivity index (χ0v) is 26.2. The highest BCUT2D eigenvalue weighted by atomic mass is 35.5. The first-order chi connectivity index (χ1) is 20.8. The minimum absolute atomic E-state index is 0.187. The van der Waals surface area contributed by atoms with E-state index in [9.17, 15) is 14.4 Å². The molecule has 230 valence electrons. The number of imide groups is 1. The second-order valence-corrected chi connectivity index (χ2v) is 12.7. The van der Waals surface area contributed by atoms with Crippen molar-refractivity contribution in [2.24, 2.45) is 0 Å². The van der Waals surface area contributed by atoms with Crippen LogP contribution in [0.5, 0.6) is 5.06 Å². The van der Waals surface area contributed by atoms with Gasteiger partial charge in [0.1, 0.15) is 5.54 Å². The highest BCUT2D eigenvalue weighted by molar-refractivity contribution is 7.21. The molecule has 0 bridgehead atoms. The highest BCUT2D eigenvalue weighted by Gasteiger charge is 2.46. The van der Waals surface area contributed by atoms with Crippen LogP contribution in [0.4, 0.5) is 9.59 Å². The van der Waals surface area contributed by atoms with Crippen molar-refractivity contribution in [1.29, 1.82) is 0 Å². The van der Waals surface area contributed by atoms with Crippen molar-refractivity contribution in [2.45, 2.75) is 44.1 Å². The molecule has 0 spiro atoms. The smallest absolute Gasteiger partial charge is 0.399 e. The molecule has 3 aromatic rings. The minimum atomic E-state index is -1.24. The largest absolute Gasteiger partial charge is 0.414 e. The fourth-order valence-corrected chi connectivity index (χ4v) is 7.06. The van der Waals surface area contributed by atoms with Gasteiger partial charge in [-0.2, -0.15) is 0 Å². The number of nitrogens with zero attached hydrogens (tertiary/aromatic N) is 2. The van der Waals surface area contributed by atoms with Crippen molar-refractivity contribution in [1.82, 2.24) is 20.4 Å². The van der Waals surface area contributed by atoms with Gasteiger partial charge in [0.2, 0.25) is 0 Å². The van der Waals surface area contributed by atoms with Crippen LogP contribution in [0.1, 0.15) is 37.7 Å². The van der Waals surface area contributed by atoms with Crippen molar-refractivity contribution in [3.63, 3.8) is 0 Å². The number of hydrogen-bond donors (Lipinski definition) is 2. The fourth-order valence-electron chi connectivity index (χ4n) is 5.61. The normalized spacial score (nSPS) is 16.6. The quantitative estimate of drug-likeness (QED) is 0.258. The summed E-state index contributed by atoms with van der Waals surface area (Å²) in [5.74, 6) is -0.422. The third-order valence-corrected chi connectivity index (χ3v) is 9.91. The molecule has 9 nitrogen and oxygen atoms in total. The number of fused-ring (bicyclic) bond motifs is 1. The molecule has 12 heteroatoms. The third kappa shape index (κ3) is 7.99. The Kier molecular flexibility index (Phi) is 10.8. The van der Waals surface area contributed by atoms with Gasteiger partial charge in [0, 0.05) is 32.2 Å². The number of urea groups is 1. The molecule has 1 saturated carbocycles. The lowest BCUT2D eigenvalue weighted by Crippen LogP contribution is -2.61. The number of ether oxygens (including phenoxy) is 2. The molecule has 1 saturated heterocycles. The monoisotopic (exact) mass is 646 g/mol. The molecular formula is C31H36Cl2N4O5S. The number of nitrogens with one attached hydrogen (secondary N) is 2. The second kappa shape index (κ2) is 14.7. The molecule has 43 heavy (non-hydrogen) atoms. The van der Waals surface area contributed by atoms with Crippen LogP contribution in [0.15, 0.2) is 48.5 Å². The van der Waals surface area contributed by atoms with Crippen molar-refractivity contribution in [3.8, 4) is 5.06 Å². The van der Waals surface area contributed by atoms with Crippen LogP contribution in [-0.4, -0.2) is 79.3 Å². The minimum Gasteiger partial charge on any atom is -0.399 e. The lowest BCUT2D eigenvalue weighted by molar-refractivity contribution is -0.134. The summed E-state index contributed by atoms with van der Waals surface area (Å²) in [7, 11) is 0. The molecule has 0 atom stereocenters. The highest BCUT2D eigenvalue weighted by Crippen LogP contribution is 2.40. The summed E-state index contributed by atoms with van der Waals surface area (Å²) in [6.07, 6.45) is 2.83. The molecule has 2 N–H and O–H groups in total. The molecule has 2 aromatic carbocycles. The number of halogens is 2. The summed E-state index contributed by atoms with van der Waals surface area (Å²) in [6, 6.07) is 14.5. The molecule has 2 fully saturated rings. The number of morpholine rings is 1. The van der Waals surface area contributed by atoms with E-state index in [4.69, 9.17) is 32.7 Å². The number of carbonyl (C=O) groups is 3. The van der Waals surface area contributed by atoms with Crippen LogP contribution in [0.3, 0.4) is 0 Å². The second-order valence-electron chi connectivity index (χ2n) is 10.9. The van der Waals surface area contributed by atoms with E-state index in [0.29, 0.717) is 45.6 Å². The van der Waals surface area contributed by atoms with Gasteiger partial charge in [-0.15, -0.1) is 0 Å². The average molecular weight is 648 g/mol. The Morgan fingerprint density at radius 1 is 1.05 bits per heavy atom. The summed E-state index contributed by atoms with van der Waals surface area (Å²) in [6.45, 7) is 4.66. The molecule has 1 aliphatic heterocycles. The third-order valence-electron chi connectivity index (χ3n) is 7.95. The number of amides is 4. The average Bonchev–Trinajstić information content (AvgIpc) is 3.66. The molecule has 2 heterocycles. The van der Waals surface area contributed by atoms with E-state index in [2.05, 4.69) is 15.5 Å². The van der Waals surface area contributed by atoms with Crippen molar-refractivity contribution in [2.75, 3.05) is 45.9 Å². The van der Waals surface area contributed by atoms with Gasteiger partial charge in [-0.1, -0.05) is 83.8 Å². The number of benzene rings is 2. The molecule has 1 aromatic heterocycles. The molecule has 2 aliphatic rings. The van der Waals surface area contributed by atoms with Crippen LogP contribution in [0.2, 0.25) is 10.0 Å². The Bertz CT molecular complexity index is 1420. The first kappa shape index (κ1) is 31.5. The lowest BCUT2D eigenvalue weighted by Gasteiger charge is -2.34. The van der Waals surface area contributed by atoms with Crippen molar-refractivity contribution in [3.05, 3.63) is 64.1 Å². The van der Waals surface area contributed by atoms with E-state index >= 15 is 0 Å². The number of rotatable bonds is 10. The molecule has 0 unspecified atom stereocenters. The summed E-state index contributed by atoms with van der Waals surface area (Å²) in [5, 5.41) is 7.73. The number of hydrogen-bond acceptors (Lipinski definition) is 7. The first-order valence-electron chi connectivity index (χ1n) is 14.7. The molecule has 1 aliphatic carbocycles. The Hall–Kier alpha value is -2.89. The molecule has 5 rings (SSSR count). The van der Waals surface area contributed by atoms with E-state index in [0.717, 1.165) is 63.1 Å². The Labute approximate surface area is 265 Å². The van der Waals surface area contributed by atoms with Gasteiger partial charge in [-0.05, 0) is 49.2 Å². The first-order valence-corrected chi connectivity index (χ1v) is 16.2. The SMILES string of the molecule is O=C(NC1(C(=O)N(CCc2ccccc2)C(=O)NCCCN2CCOCC2)CCCC1)Oc1cc2ccc(Cl)c(Cl)c2s1. The van der Waals surface area contributed by atoms with E-state index in [-0.39, 0.29) is 6.54 Å². The maximum absolute atomic E-state index is 14.2. The van der Waals surface area contributed by atoms with Crippen LogP contribution in [0.25, 0.3) is 10.1 Å². The van der Waals surface area contributed by atoms with Gasteiger partial charge >= 0.3 is 12.1 Å². The molecule has 4 amide bonds. The van der Waals surface area contributed by atoms with Gasteiger partial charge in [0.05, 0.1) is 28.0 Å². The molecule has 0 radical (unpaired) electrons. The van der Waals surface area contributed by atoms with Crippen molar-refractivity contribution >= 4 is 62.7 Å². The van der Waals surface area contributed by atoms with E-state index in [1.54, 1.807) is 18.2 Å². The van der Waals surface area contributed by atoms with Crippen LogP contribution < -0.4 is 15.4 Å². The fraction of sp³-hybridized carbons (Fsp3) is 0.452. The predicted molar refractivity (Wildman–Crippen MR) is 169 cm³/mol. The van der Waals surface area contributed by atoms with Gasteiger partial charge in [-0.25, -0.2) is 9.59 Å². The Morgan fingerprint density at radius 2 is 1.79 bits per heavy atom. The van der Waals surface area contributed by atoms with E-state index in [1.807, 2.05) is 30.3 Å². The van der Waals surface area contributed by atoms with Gasteiger partial charge < -0.3 is 20.1 Å². The lowest BCUT2D eigenvalue weighted by atomic mass is 9.95. The topological polar surface area (TPSA) is 100 Å². The zero-order chi connectivity index (χ0) is 30.2. The van der Waals surface area contributed by atoms with Crippen LogP contribution >= 0.6 is 34.5 Å². The van der Waals surface area contributed by atoms with Gasteiger partial charge in [0.15, 0.2) is 5.06 Å². The Morgan fingerprint density at radius 3 is 2.53 bits per heavy atom. The standard InChI is InChI=1S/C31H36Cl2N4O5S/c32-24-10-9-23-21-25(43-27(23)26(24)33)42-30(40)35-31(12-4-5-13-31)28(38)37(16-11-22-7-2-1-3-8-22)29(39)34-14-6-15-36-17-19-41-20-18-36/h1-3,7-10,21H,4-6,11-20H2,(H,34,39)(H,35,40). The summed E-state index contributed by atoms with van der Waals surface area (Å²) in [5.41, 5.74) is -0.229.